The summed E-state index contributed by atoms with van der Waals surface area (Å²) in [5.41, 5.74) is 2.36. The molecule has 13 nitrogen and oxygen atoms in total. The van der Waals surface area contributed by atoms with Gasteiger partial charge in [0.05, 0.1) is 21.9 Å². The minimum Gasteiger partial charge on any atom is -0.378 e. The summed E-state index contributed by atoms with van der Waals surface area (Å²) in [5, 5.41) is 10.0. The highest BCUT2D eigenvalue weighted by Crippen LogP contribution is 2.66. The summed E-state index contributed by atoms with van der Waals surface area (Å²) >= 11 is 0. The molecular weight excluding hydrogens is 755 g/mol. The third-order valence-electron chi connectivity index (χ3n) is 12.4. The van der Waals surface area contributed by atoms with Gasteiger partial charge in [-0.25, -0.2) is 8.42 Å². The lowest BCUT2D eigenvalue weighted by molar-refractivity contribution is -0.396. The van der Waals surface area contributed by atoms with Crippen molar-refractivity contribution in [1.82, 2.24) is 4.31 Å². The van der Waals surface area contributed by atoms with Gasteiger partial charge in [0, 0.05) is 88.1 Å². The molecule has 0 aromatic heterocycles. The first-order chi connectivity index (χ1) is 26.7. The van der Waals surface area contributed by atoms with Crippen molar-refractivity contribution in [3.05, 3.63) is 84.9 Å². The third kappa shape index (κ3) is 6.41. The van der Waals surface area contributed by atoms with Gasteiger partial charge in [-0.1, -0.05) is 24.3 Å². The van der Waals surface area contributed by atoms with Crippen LogP contribution in [0.25, 0.3) is 10.8 Å². The Morgan fingerprint density at radius 1 is 0.714 bits per heavy atom. The van der Waals surface area contributed by atoms with Crippen molar-refractivity contribution in [1.29, 1.82) is 0 Å². The van der Waals surface area contributed by atoms with Gasteiger partial charge >= 0.3 is 0 Å². The van der Waals surface area contributed by atoms with Crippen molar-refractivity contribution in [2.24, 2.45) is 28.0 Å². The molecule has 4 aromatic rings. The number of piperidine rings is 1. The molecular formula is C41H47N5O8S2. The zero-order valence-corrected chi connectivity index (χ0v) is 33.6. The highest BCUT2D eigenvalue weighted by atomic mass is 32.2. The van der Waals surface area contributed by atoms with E-state index in [9.17, 15) is 16.8 Å². The third-order valence-corrected chi connectivity index (χ3v) is 15.8. The van der Waals surface area contributed by atoms with Gasteiger partial charge < -0.3 is 14.5 Å². The molecule has 0 N–H and O–H groups in total. The fourth-order valence-corrected chi connectivity index (χ4v) is 12.8. The second kappa shape index (κ2) is 13.6. The molecule has 2 saturated heterocycles. The number of hydrogen-bond donors (Lipinski definition) is 0. The molecule has 2 unspecified atom stereocenters. The highest BCUT2D eigenvalue weighted by molar-refractivity contribution is 7.89. The van der Waals surface area contributed by atoms with E-state index in [1.54, 1.807) is 36.4 Å². The van der Waals surface area contributed by atoms with Crippen molar-refractivity contribution >= 4 is 53.7 Å². The zero-order valence-electron chi connectivity index (χ0n) is 32.0. The van der Waals surface area contributed by atoms with E-state index >= 15 is 0 Å². The lowest BCUT2D eigenvalue weighted by atomic mass is 9.51. The molecule has 2 heterocycles. The molecule has 10 rings (SSSR count). The number of benzene rings is 4. The molecule has 0 amide bonds. The maximum atomic E-state index is 14.1. The Balaban J connectivity index is 0.861. The quantitative estimate of drug-likeness (QED) is 0.0949. The Hall–Kier alpha value is -3.96. The molecule has 4 aliphatic carbocycles. The smallest absolute Gasteiger partial charge is 0.298 e. The van der Waals surface area contributed by atoms with Crippen molar-refractivity contribution < 1.29 is 35.5 Å². The van der Waals surface area contributed by atoms with Crippen molar-refractivity contribution in [2.45, 2.75) is 71.9 Å². The Labute approximate surface area is 328 Å². The number of sulfonamides is 1. The zero-order chi connectivity index (χ0) is 39.1. The van der Waals surface area contributed by atoms with Crippen LogP contribution in [0.15, 0.2) is 105 Å². The van der Waals surface area contributed by atoms with Gasteiger partial charge in [-0.05, 0) is 98.7 Å². The van der Waals surface area contributed by atoms with E-state index in [0.29, 0.717) is 48.9 Å². The lowest BCUT2D eigenvalue weighted by Gasteiger charge is -2.61. The number of fused-ring (bicyclic) bond motifs is 1. The summed E-state index contributed by atoms with van der Waals surface area (Å²) in [7, 11) is -0.107. The number of anilines is 2. The largest absolute Gasteiger partial charge is 0.378 e. The summed E-state index contributed by atoms with van der Waals surface area (Å²) < 4.78 is 70.4. The van der Waals surface area contributed by atoms with Gasteiger partial charge in [0.1, 0.15) is 4.90 Å². The van der Waals surface area contributed by atoms with Crippen LogP contribution in [0.4, 0.5) is 22.7 Å². The molecule has 296 valence electrons. The van der Waals surface area contributed by atoms with Crippen LogP contribution >= 0.6 is 0 Å². The number of nitrogens with zero attached hydrogens (tertiary/aromatic N) is 5. The first-order valence-corrected chi connectivity index (χ1v) is 22.1. The van der Waals surface area contributed by atoms with Crippen molar-refractivity contribution in [2.75, 3.05) is 51.1 Å². The van der Waals surface area contributed by atoms with Crippen molar-refractivity contribution in [3.8, 4) is 0 Å². The Morgan fingerprint density at radius 3 is 1.95 bits per heavy atom. The van der Waals surface area contributed by atoms with Crippen molar-refractivity contribution in [3.63, 3.8) is 0 Å². The van der Waals surface area contributed by atoms with E-state index in [1.807, 2.05) is 86.5 Å². The molecule has 4 saturated carbocycles. The maximum Gasteiger partial charge on any atom is 0.298 e. The minimum atomic E-state index is -4.12. The molecule has 6 fully saturated rings. The average Bonchev–Trinajstić information content (AvgIpc) is 3.54. The minimum absolute atomic E-state index is 0.133. The number of hydrogen-bond acceptors (Lipinski definition) is 12. The van der Waals surface area contributed by atoms with E-state index in [2.05, 4.69) is 10.2 Å². The van der Waals surface area contributed by atoms with Crippen LogP contribution in [-0.2, 0) is 38.8 Å². The molecule has 15 heteroatoms. The number of azo groups is 1. The molecule has 0 radical (unpaired) electrons. The predicted octanol–water partition coefficient (Wildman–Crippen LogP) is 7.53. The van der Waals surface area contributed by atoms with E-state index in [-0.39, 0.29) is 40.6 Å². The van der Waals surface area contributed by atoms with Gasteiger partial charge in [0.2, 0.25) is 21.6 Å². The van der Waals surface area contributed by atoms with E-state index in [4.69, 9.17) is 18.7 Å². The van der Waals surface area contributed by atoms with Gasteiger partial charge in [0.15, 0.2) is 0 Å². The first-order valence-electron chi connectivity index (χ1n) is 19.2. The van der Waals surface area contributed by atoms with Gasteiger partial charge in [-0.15, -0.1) is 0 Å². The van der Waals surface area contributed by atoms with Crippen LogP contribution in [0.1, 0.15) is 44.9 Å². The van der Waals surface area contributed by atoms with E-state index < -0.39 is 37.3 Å². The molecule has 2 aliphatic heterocycles. The summed E-state index contributed by atoms with van der Waals surface area (Å²) in [4.78, 5) is 16.6. The van der Waals surface area contributed by atoms with Crippen LogP contribution in [0, 0.1) is 17.8 Å². The SMILES string of the molecule is CN(C)c1ccc(N=Nc2ccc(S(=O)(=O)N3CCC4(CC3)OOC3(O4)C4CC5CC3CC(OS(=O)(=O)c3cccc6c(N(C)C)cccc36)(C5)C4)cc2)cc1. The fraction of sp³-hybridized carbons (Fsp3) is 0.463. The molecule has 2 spiro atoms. The topological polar surface area (TPSA) is 140 Å². The second-order valence-electron chi connectivity index (χ2n) is 16.5. The van der Waals surface area contributed by atoms with E-state index in [1.165, 1.54) is 4.31 Å². The first kappa shape index (κ1) is 37.6. The maximum absolute atomic E-state index is 14.1. The van der Waals surface area contributed by atoms with Gasteiger partial charge in [-0.3, -0.25) is 4.18 Å². The van der Waals surface area contributed by atoms with Crippen LogP contribution in [0.3, 0.4) is 0 Å². The van der Waals surface area contributed by atoms with Crippen LogP contribution in [0.5, 0.6) is 0 Å². The standard InChI is InChI=1S/C41H47N5O8S2/c1-44(2)33-15-11-31(12-16-33)42-43-32-13-17-34(18-14-32)55(47,48)46-21-19-40(20-22-46)51-41(53-52-40)29-23-28-24-30(41)27-39(25-28,26-29)54-56(49,50)38-10-6-7-35-36(38)8-5-9-37(35)45(3)4/h5-18,28-30H,19-27H2,1-4H3. The fourth-order valence-electron chi connectivity index (χ4n) is 9.90. The summed E-state index contributed by atoms with van der Waals surface area (Å²) in [5.74, 6) is -2.12. The molecule has 6 aliphatic rings. The van der Waals surface area contributed by atoms with Crippen LogP contribution < -0.4 is 9.80 Å². The van der Waals surface area contributed by atoms with E-state index in [0.717, 1.165) is 29.6 Å². The molecule has 4 aromatic carbocycles. The second-order valence-corrected chi connectivity index (χ2v) is 19.9. The average molecular weight is 802 g/mol. The summed E-state index contributed by atoms with van der Waals surface area (Å²) in [6.07, 6.45) is 3.82. The summed E-state index contributed by atoms with van der Waals surface area (Å²) in [6, 6.07) is 25.1. The van der Waals surface area contributed by atoms with Gasteiger partial charge in [-0.2, -0.15) is 32.7 Å². The number of rotatable bonds is 9. The Morgan fingerprint density at radius 2 is 1.32 bits per heavy atom. The lowest BCUT2D eigenvalue weighted by Crippen LogP contribution is -2.65. The normalized spacial score (nSPS) is 28.5. The highest BCUT2D eigenvalue weighted by Gasteiger charge is 2.71. The Bertz CT molecular complexity index is 2380. The predicted molar refractivity (Wildman–Crippen MR) is 211 cm³/mol. The molecule has 4 bridgehead atoms. The monoisotopic (exact) mass is 801 g/mol. The number of ether oxygens (including phenoxy) is 1. The Kier molecular flexibility index (Phi) is 9.11. The van der Waals surface area contributed by atoms with Crippen LogP contribution in [0.2, 0.25) is 0 Å². The van der Waals surface area contributed by atoms with Gasteiger partial charge in [0.25, 0.3) is 10.1 Å². The van der Waals surface area contributed by atoms with Crippen LogP contribution in [-0.4, -0.2) is 79.6 Å². The molecule has 56 heavy (non-hydrogen) atoms. The molecule has 2 atom stereocenters. The summed E-state index contributed by atoms with van der Waals surface area (Å²) in [6.45, 7) is 0.381.